The minimum absolute atomic E-state index is 0.000826. The summed E-state index contributed by atoms with van der Waals surface area (Å²) in [5.74, 6) is -4.59. The number of amides is 8. The Labute approximate surface area is 505 Å². The molecule has 458 valence electrons. The van der Waals surface area contributed by atoms with Gasteiger partial charge in [-0.05, 0) is 122 Å². The van der Waals surface area contributed by atoms with E-state index >= 15 is 0 Å². The molecule has 23 nitrogen and oxygen atoms in total. The molecule has 11 N–H and O–H groups in total. The van der Waals surface area contributed by atoms with Crippen LogP contribution in [0.2, 0.25) is 0 Å². The number of fused-ring (bicyclic) bond motifs is 1. The van der Waals surface area contributed by atoms with E-state index in [1.807, 2.05) is 77.1 Å². The Bertz CT molecular complexity index is 3720. The van der Waals surface area contributed by atoms with E-state index < -0.39 is 102 Å². The Balaban J connectivity index is 0.786. The maximum atomic E-state index is 14.6. The van der Waals surface area contributed by atoms with Gasteiger partial charge in [0.2, 0.25) is 41.4 Å². The number of unbranched alkanes of at least 4 members (excludes halogenated alkanes) is 1. The van der Waals surface area contributed by atoms with Gasteiger partial charge < -0.3 is 57.1 Å². The first kappa shape index (κ1) is 63.1. The Kier molecular flexibility index (Phi) is 19.1. The molecule has 6 aromatic rings. The number of carbonyl (C=O) groups is 9. The van der Waals surface area contributed by atoms with Crippen molar-refractivity contribution in [2.45, 2.75) is 141 Å². The summed E-state index contributed by atoms with van der Waals surface area (Å²) in [5, 5.41) is 25.4. The fraction of sp³-hybridized carbons (Fsp3) is 0.387. The van der Waals surface area contributed by atoms with E-state index in [-0.39, 0.29) is 62.2 Å². The molecule has 0 saturated carbocycles. The molecule has 87 heavy (non-hydrogen) atoms. The Hall–Kier alpha value is -8.41. The molecule has 4 aromatic carbocycles. The van der Waals surface area contributed by atoms with E-state index in [1.165, 1.54) is 34.1 Å². The molecule has 2 aromatic heterocycles. The molecule has 5 heterocycles. The van der Waals surface area contributed by atoms with Gasteiger partial charge in [0.1, 0.15) is 35.9 Å². The van der Waals surface area contributed by atoms with Crippen LogP contribution in [0.5, 0.6) is 0 Å². The van der Waals surface area contributed by atoms with Gasteiger partial charge in [0.05, 0.1) is 33.9 Å². The average molecular weight is 1230 g/mol. The van der Waals surface area contributed by atoms with Crippen molar-refractivity contribution in [1.82, 2.24) is 36.1 Å². The second-order valence-corrected chi connectivity index (χ2v) is 25.9. The van der Waals surface area contributed by atoms with Crippen LogP contribution in [0.1, 0.15) is 127 Å². The number of thiazole rings is 1. The van der Waals surface area contributed by atoms with Crippen LogP contribution in [0.3, 0.4) is 0 Å². The number of likely N-dealkylation sites (tertiary alicyclic amines) is 1. The summed E-state index contributed by atoms with van der Waals surface area (Å²) in [6.45, 7) is 9.19. The highest BCUT2D eigenvalue weighted by Gasteiger charge is 2.47. The quantitative estimate of drug-likeness (QED) is 0.0301. The van der Waals surface area contributed by atoms with E-state index in [4.69, 9.17) is 5.73 Å². The number of primary amides is 1. The number of nitrogens with two attached hydrogens (primary N) is 1. The molecule has 3 aliphatic heterocycles. The number of para-hydroxylation sites is 1. The normalized spacial score (nSPS) is 18.5. The van der Waals surface area contributed by atoms with Crippen LogP contribution < -0.4 is 37.2 Å². The monoisotopic (exact) mass is 1230 g/mol. The highest BCUT2D eigenvalue weighted by atomic mass is 32.1. The lowest BCUT2D eigenvalue weighted by Gasteiger charge is -2.35. The van der Waals surface area contributed by atoms with Gasteiger partial charge in [0.15, 0.2) is 0 Å². The van der Waals surface area contributed by atoms with E-state index in [9.17, 15) is 62.6 Å². The number of rotatable bonds is 22. The lowest BCUT2D eigenvalue weighted by Crippen LogP contribution is -2.57. The third-order valence-electron chi connectivity index (χ3n) is 16.1. The number of β-amino-alcohol motifs (C(OH)–C–C–N with tert-alkyl or cyclic N) is 1. The molecular weight excluding hydrogens is 1160 g/mol. The fourth-order valence-corrected chi connectivity index (χ4v) is 12.8. The van der Waals surface area contributed by atoms with Crippen LogP contribution in [0.15, 0.2) is 96.5 Å². The molecule has 3 aliphatic rings. The van der Waals surface area contributed by atoms with Crippen molar-refractivity contribution >= 4 is 94.0 Å². The predicted octanol–water partition coefficient (Wildman–Crippen LogP) is 5.39. The smallest absolute Gasteiger partial charge is 0.391 e. The highest BCUT2D eigenvalue weighted by molar-refractivity contribution is 7.70. The van der Waals surface area contributed by atoms with Crippen molar-refractivity contribution in [1.29, 1.82) is 0 Å². The lowest BCUT2D eigenvalue weighted by atomic mass is 9.85. The third-order valence-corrected chi connectivity index (χ3v) is 17.8. The number of nitrogens with one attached hydrogen (secondary N) is 6. The topological polar surface area (TPSA) is 353 Å². The van der Waals surface area contributed by atoms with Gasteiger partial charge in [-0.15, -0.1) is 11.3 Å². The summed E-state index contributed by atoms with van der Waals surface area (Å²) in [6.07, 6.45) is 0.836. The van der Waals surface area contributed by atoms with Crippen LogP contribution in [0, 0.1) is 12.3 Å². The number of hydrogen-bond donors (Lipinski definition) is 10. The molecule has 0 bridgehead atoms. The SMILES string of the molecule is Cc1ncsc1-c1ccc([C@H](C)NC(=O)[C@@H]2C[C@@H](O)CN2C(=O)[C@@H](NC(=O)CCCCc2cccc(NC(=O)[C@H](CCC(N)=O)NC(=O)[C@@H]3Cc4cccc5c4N3C(=O)[C@@H](NC(=O)c3cc4cc(C(=O)P(=O)(O)O)ccc4[nH]3)CC5)c2)C(C)(C)C)cc1. The molecule has 0 radical (unpaired) electrons. The van der Waals surface area contributed by atoms with Crippen LogP contribution in [-0.2, 0) is 57.4 Å². The first-order valence-electron chi connectivity index (χ1n) is 28.8. The molecule has 1 fully saturated rings. The fourth-order valence-electron chi connectivity index (χ4n) is 11.5. The number of hydrogen-bond acceptors (Lipinski definition) is 13. The van der Waals surface area contributed by atoms with Gasteiger partial charge >= 0.3 is 7.60 Å². The molecule has 9 rings (SSSR count). The number of benzene rings is 4. The number of aliphatic hydroxyl groups excluding tert-OH is 1. The van der Waals surface area contributed by atoms with Crippen molar-refractivity contribution in [3.8, 4) is 10.4 Å². The van der Waals surface area contributed by atoms with Crippen LogP contribution in [-0.4, -0.2) is 125 Å². The average Bonchev–Trinajstić information content (AvgIpc) is 2.61. The number of nitrogens with zero attached hydrogens (tertiary/aromatic N) is 3. The Morgan fingerprint density at radius 1 is 0.874 bits per heavy atom. The standard InChI is InChI=1S/C62H71N10O13PS/c1-33(36-16-18-38(19-17-36)53-34(2)64-32-87-53)65-57(78)48-30-43(73)31-71(48)60(81)54(62(3,4)5)70-51(75)15-7-6-10-35-11-8-14-42(26-35)66-55(76)45(24-25-50(63)74)68-58(79)49-29-39-13-9-12-37-20-23-46(59(80)72(49)52(37)39)69-56(77)47-28-41-27-40(21-22-44(41)67-47)61(82)86(83,84)85/h8-9,11-14,16-19,21-22,26-28,32-33,43,45-46,48-49,54,67,73H,6-7,10,15,20,23-25,29-31H2,1-5H3,(H2,63,74)(H,65,78)(H,66,76)(H,68,79)(H,69,77)(H,70,75)(H2,83,84,85)/t33-,43+,45-,46-,48-,49-,54+/m0/s1. The first-order valence-corrected chi connectivity index (χ1v) is 31.3. The van der Waals surface area contributed by atoms with Crippen LogP contribution in [0.25, 0.3) is 21.3 Å². The molecule has 1 saturated heterocycles. The molecule has 0 spiro atoms. The molecule has 0 aliphatic carbocycles. The van der Waals surface area contributed by atoms with E-state index in [1.54, 1.807) is 41.1 Å². The van der Waals surface area contributed by atoms with E-state index in [0.29, 0.717) is 53.5 Å². The Morgan fingerprint density at radius 2 is 1.60 bits per heavy atom. The van der Waals surface area contributed by atoms with Gasteiger partial charge in [-0.1, -0.05) is 75.4 Å². The second kappa shape index (κ2) is 26.3. The zero-order chi connectivity index (χ0) is 62.6. The number of aromatic amines is 1. The summed E-state index contributed by atoms with van der Waals surface area (Å²) >= 11 is 1.55. The second-order valence-electron chi connectivity index (χ2n) is 23.6. The van der Waals surface area contributed by atoms with E-state index in [2.05, 4.69) is 36.6 Å². The predicted molar refractivity (Wildman–Crippen MR) is 325 cm³/mol. The van der Waals surface area contributed by atoms with Gasteiger partial charge in [-0.3, -0.25) is 52.6 Å². The van der Waals surface area contributed by atoms with Crippen LogP contribution in [0.4, 0.5) is 11.4 Å². The van der Waals surface area contributed by atoms with Crippen LogP contribution >= 0.6 is 18.9 Å². The van der Waals surface area contributed by atoms with Crippen molar-refractivity contribution in [2.75, 3.05) is 16.8 Å². The minimum Gasteiger partial charge on any atom is -0.391 e. The van der Waals surface area contributed by atoms with Crippen molar-refractivity contribution < 1.29 is 62.6 Å². The van der Waals surface area contributed by atoms with Gasteiger partial charge in [0, 0.05) is 54.4 Å². The number of aromatic nitrogens is 2. The Morgan fingerprint density at radius 3 is 2.30 bits per heavy atom. The zero-order valence-electron chi connectivity index (χ0n) is 48.8. The molecule has 0 unspecified atom stereocenters. The number of anilines is 2. The maximum Gasteiger partial charge on any atom is 0.396 e. The lowest BCUT2D eigenvalue weighted by molar-refractivity contribution is -0.144. The van der Waals surface area contributed by atoms with Gasteiger partial charge in [-0.25, -0.2) is 4.98 Å². The van der Waals surface area contributed by atoms with Crippen molar-refractivity contribution in [3.63, 3.8) is 0 Å². The highest BCUT2D eigenvalue weighted by Crippen LogP contribution is 2.41. The van der Waals surface area contributed by atoms with Crippen molar-refractivity contribution in [2.24, 2.45) is 11.1 Å². The number of aryl methyl sites for hydroxylation is 3. The summed E-state index contributed by atoms with van der Waals surface area (Å²) in [4.78, 5) is 153. The zero-order valence-corrected chi connectivity index (χ0v) is 50.5. The summed E-state index contributed by atoms with van der Waals surface area (Å²) < 4.78 is 11.6. The van der Waals surface area contributed by atoms with Gasteiger partial charge in [0.25, 0.3) is 11.4 Å². The summed E-state index contributed by atoms with van der Waals surface area (Å²) in [6, 6.07) is 19.6. The number of H-pyrrole nitrogens is 1. The molecular formula is C62H71N10O13PS. The van der Waals surface area contributed by atoms with Crippen molar-refractivity contribution in [3.05, 3.63) is 136 Å². The maximum absolute atomic E-state index is 14.6. The van der Waals surface area contributed by atoms with Gasteiger partial charge in [-0.2, -0.15) is 0 Å². The molecule has 8 amide bonds. The first-order chi connectivity index (χ1) is 41.2. The van der Waals surface area contributed by atoms with E-state index in [0.717, 1.165) is 32.8 Å². The molecule has 25 heteroatoms. The summed E-state index contributed by atoms with van der Waals surface area (Å²) in [5.41, 5.74) is 11.3. The number of carbonyl (C=O) groups excluding carboxylic acids is 9. The molecule has 7 atom stereocenters. The largest absolute Gasteiger partial charge is 0.396 e. The summed E-state index contributed by atoms with van der Waals surface area (Å²) in [7, 11) is -5.08. The number of aliphatic hydroxyl groups is 1. The third kappa shape index (κ3) is 14.7. The minimum atomic E-state index is -5.08.